The highest BCUT2D eigenvalue weighted by Crippen LogP contribution is 2.14. The van der Waals surface area contributed by atoms with Gasteiger partial charge in [0.2, 0.25) is 0 Å². The van der Waals surface area contributed by atoms with Crippen molar-refractivity contribution in [3.63, 3.8) is 0 Å². The Morgan fingerprint density at radius 3 is 2.69 bits per heavy atom. The molecule has 0 amide bonds. The first-order valence-corrected chi connectivity index (χ1v) is 6.11. The zero-order valence-electron chi connectivity index (χ0n) is 8.71. The Morgan fingerprint density at radius 1 is 1.44 bits per heavy atom. The van der Waals surface area contributed by atoms with Gasteiger partial charge in [0.05, 0.1) is 17.1 Å². The van der Waals surface area contributed by atoms with Gasteiger partial charge in [0.15, 0.2) is 0 Å². The molecular weight excluding hydrogens is 232 g/mol. The molecule has 0 aliphatic heterocycles. The molecule has 0 bridgehead atoms. The second-order valence-electron chi connectivity index (χ2n) is 3.11. The van der Waals surface area contributed by atoms with Crippen molar-refractivity contribution < 1.29 is 22.5 Å². The second-order valence-corrected chi connectivity index (χ2v) is 4.72. The van der Waals surface area contributed by atoms with Crippen LogP contribution in [0, 0.1) is 0 Å². The number of benzene rings is 1. The van der Waals surface area contributed by atoms with Crippen molar-refractivity contribution in [3.05, 3.63) is 29.8 Å². The predicted octanol–water partition coefficient (Wildman–Crippen LogP) is 1.50. The standard InChI is InChI=1S/C10H12O5S/c1-2-6-15-16(13,14)9-5-3-4-8(7-9)10(11)12/h3-5,7H,2,6H2,1H3,(H,11,12). The number of carbonyl (C=O) groups is 1. The van der Waals surface area contributed by atoms with Gasteiger partial charge in [-0.15, -0.1) is 0 Å². The van der Waals surface area contributed by atoms with Crippen LogP contribution in [0.4, 0.5) is 0 Å². The van der Waals surface area contributed by atoms with Crippen LogP contribution in [0.5, 0.6) is 0 Å². The quantitative estimate of drug-likeness (QED) is 0.794. The molecule has 6 heteroatoms. The summed E-state index contributed by atoms with van der Waals surface area (Å²) in [5.41, 5.74) is -0.0822. The van der Waals surface area contributed by atoms with Crippen molar-refractivity contribution >= 4 is 16.1 Å². The third-order valence-corrected chi connectivity index (χ3v) is 3.12. The number of hydrogen-bond donors (Lipinski definition) is 1. The molecule has 0 atom stereocenters. The summed E-state index contributed by atoms with van der Waals surface area (Å²) in [5, 5.41) is 8.72. The Labute approximate surface area is 93.8 Å². The molecule has 1 rings (SSSR count). The summed E-state index contributed by atoms with van der Waals surface area (Å²) in [6.45, 7) is 1.86. The normalized spacial score (nSPS) is 11.3. The molecule has 0 saturated carbocycles. The number of carboxylic acid groups (broad SMARTS) is 1. The van der Waals surface area contributed by atoms with E-state index in [4.69, 9.17) is 5.11 Å². The highest BCUT2D eigenvalue weighted by Gasteiger charge is 2.16. The zero-order valence-corrected chi connectivity index (χ0v) is 9.53. The smallest absolute Gasteiger partial charge is 0.335 e. The number of aromatic carboxylic acids is 1. The van der Waals surface area contributed by atoms with E-state index in [2.05, 4.69) is 4.18 Å². The third kappa shape index (κ3) is 3.04. The molecule has 88 valence electrons. The summed E-state index contributed by atoms with van der Waals surface area (Å²) in [6, 6.07) is 5.07. The van der Waals surface area contributed by atoms with Crippen molar-refractivity contribution in [2.24, 2.45) is 0 Å². The minimum Gasteiger partial charge on any atom is -0.478 e. The molecular formula is C10H12O5S. The Hall–Kier alpha value is -1.40. The van der Waals surface area contributed by atoms with Gasteiger partial charge in [-0.05, 0) is 24.6 Å². The third-order valence-electron chi connectivity index (χ3n) is 1.81. The van der Waals surface area contributed by atoms with E-state index < -0.39 is 16.1 Å². The molecule has 0 unspecified atom stereocenters. The maximum Gasteiger partial charge on any atom is 0.335 e. The molecule has 0 spiro atoms. The Bertz CT molecular complexity index is 478. The molecule has 5 nitrogen and oxygen atoms in total. The predicted molar refractivity (Wildman–Crippen MR) is 56.8 cm³/mol. The van der Waals surface area contributed by atoms with E-state index in [-0.39, 0.29) is 17.1 Å². The highest BCUT2D eigenvalue weighted by molar-refractivity contribution is 7.86. The van der Waals surface area contributed by atoms with Gasteiger partial charge in [-0.3, -0.25) is 4.18 Å². The number of carboxylic acids is 1. The molecule has 1 aromatic carbocycles. The average Bonchev–Trinajstić information content (AvgIpc) is 2.26. The first-order chi connectivity index (χ1) is 7.47. The zero-order chi connectivity index (χ0) is 12.2. The minimum absolute atomic E-state index is 0.0822. The molecule has 0 aliphatic rings. The maximum absolute atomic E-state index is 11.6. The van der Waals surface area contributed by atoms with Crippen LogP contribution in [0.25, 0.3) is 0 Å². The molecule has 0 aromatic heterocycles. The van der Waals surface area contributed by atoms with E-state index in [1.165, 1.54) is 18.2 Å². The van der Waals surface area contributed by atoms with Gasteiger partial charge in [-0.1, -0.05) is 13.0 Å². The average molecular weight is 244 g/mol. The van der Waals surface area contributed by atoms with Crippen LogP contribution in [0.15, 0.2) is 29.2 Å². The first kappa shape index (κ1) is 12.7. The van der Waals surface area contributed by atoms with E-state index in [1.807, 2.05) is 0 Å². The van der Waals surface area contributed by atoms with Gasteiger partial charge in [-0.25, -0.2) is 4.79 Å². The highest BCUT2D eigenvalue weighted by atomic mass is 32.2. The van der Waals surface area contributed by atoms with Crippen LogP contribution in [-0.4, -0.2) is 26.1 Å². The lowest BCUT2D eigenvalue weighted by Crippen LogP contribution is -2.08. The van der Waals surface area contributed by atoms with Crippen LogP contribution < -0.4 is 0 Å². The first-order valence-electron chi connectivity index (χ1n) is 4.70. The van der Waals surface area contributed by atoms with E-state index in [1.54, 1.807) is 6.92 Å². The van der Waals surface area contributed by atoms with Crippen LogP contribution in [-0.2, 0) is 14.3 Å². The Kier molecular flexibility index (Phi) is 4.03. The molecule has 0 aliphatic carbocycles. The number of hydrogen-bond acceptors (Lipinski definition) is 4. The molecule has 0 heterocycles. The van der Waals surface area contributed by atoms with Gasteiger partial charge < -0.3 is 5.11 Å². The van der Waals surface area contributed by atoms with Crippen molar-refractivity contribution in [2.75, 3.05) is 6.61 Å². The number of rotatable bonds is 5. The van der Waals surface area contributed by atoms with E-state index in [9.17, 15) is 13.2 Å². The fourth-order valence-electron chi connectivity index (χ4n) is 1.05. The topological polar surface area (TPSA) is 80.7 Å². The van der Waals surface area contributed by atoms with Gasteiger partial charge in [0.1, 0.15) is 0 Å². The van der Waals surface area contributed by atoms with Crippen LogP contribution >= 0.6 is 0 Å². The maximum atomic E-state index is 11.6. The minimum atomic E-state index is -3.84. The van der Waals surface area contributed by atoms with Crippen molar-refractivity contribution in [3.8, 4) is 0 Å². The summed E-state index contributed by atoms with van der Waals surface area (Å²) in [6.07, 6.45) is 0.567. The Balaban J connectivity index is 3.04. The largest absolute Gasteiger partial charge is 0.478 e. The summed E-state index contributed by atoms with van der Waals surface area (Å²) in [4.78, 5) is 10.5. The molecule has 0 radical (unpaired) electrons. The van der Waals surface area contributed by atoms with Crippen molar-refractivity contribution in [1.82, 2.24) is 0 Å². The van der Waals surface area contributed by atoms with Gasteiger partial charge in [-0.2, -0.15) is 8.42 Å². The van der Waals surface area contributed by atoms with Crippen LogP contribution in [0.1, 0.15) is 23.7 Å². The summed E-state index contributed by atoms with van der Waals surface area (Å²) < 4.78 is 27.8. The SMILES string of the molecule is CCCOS(=O)(=O)c1cccc(C(=O)O)c1. The molecule has 0 fully saturated rings. The fraction of sp³-hybridized carbons (Fsp3) is 0.300. The second kappa shape index (κ2) is 5.09. The van der Waals surface area contributed by atoms with Crippen LogP contribution in [0.2, 0.25) is 0 Å². The summed E-state index contributed by atoms with van der Waals surface area (Å²) in [7, 11) is -3.84. The Morgan fingerprint density at radius 2 is 2.12 bits per heavy atom. The van der Waals surface area contributed by atoms with E-state index in [0.717, 1.165) is 6.07 Å². The summed E-state index contributed by atoms with van der Waals surface area (Å²) in [5.74, 6) is -1.17. The van der Waals surface area contributed by atoms with E-state index >= 15 is 0 Å². The fourth-order valence-corrected chi connectivity index (χ4v) is 2.08. The molecule has 1 N–H and O–H groups in total. The summed E-state index contributed by atoms with van der Waals surface area (Å²) >= 11 is 0. The van der Waals surface area contributed by atoms with E-state index in [0.29, 0.717) is 6.42 Å². The van der Waals surface area contributed by atoms with Gasteiger partial charge in [0, 0.05) is 0 Å². The lowest BCUT2D eigenvalue weighted by atomic mass is 10.2. The molecule has 16 heavy (non-hydrogen) atoms. The lowest BCUT2D eigenvalue weighted by molar-refractivity contribution is 0.0696. The van der Waals surface area contributed by atoms with Crippen LogP contribution in [0.3, 0.4) is 0 Å². The molecule has 1 aromatic rings. The van der Waals surface area contributed by atoms with Gasteiger partial charge >= 0.3 is 5.97 Å². The molecule has 0 saturated heterocycles. The van der Waals surface area contributed by atoms with Crippen molar-refractivity contribution in [2.45, 2.75) is 18.2 Å². The van der Waals surface area contributed by atoms with Gasteiger partial charge in [0.25, 0.3) is 10.1 Å². The van der Waals surface area contributed by atoms with Crippen molar-refractivity contribution in [1.29, 1.82) is 0 Å². The lowest BCUT2D eigenvalue weighted by Gasteiger charge is -2.04. The monoisotopic (exact) mass is 244 g/mol.